The maximum Gasteiger partial charge on any atom is 0.338 e. The number of amides is 1. The van der Waals surface area contributed by atoms with Crippen LogP contribution in [0.15, 0.2) is 18.2 Å². The van der Waals surface area contributed by atoms with Gasteiger partial charge in [0.05, 0.1) is 11.3 Å². The zero-order chi connectivity index (χ0) is 14.4. The van der Waals surface area contributed by atoms with E-state index in [0.29, 0.717) is 24.2 Å². The van der Waals surface area contributed by atoms with Crippen LogP contribution in [0.5, 0.6) is 0 Å². The van der Waals surface area contributed by atoms with Gasteiger partial charge in [-0.2, -0.15) is 0 Å². The Morgan fingerprint density at radius 1 is 1.42 bits per heavy atom. The molecule has 1 amide bonds. The monoisotopic (exact) mass is 264 g/mol. The summed E-state index contributed by atoms with van der Waals surface area (Å²) >= 11 is 0. The number of anilines is 1. The summed E-state index contributed by atoms with van der Waals surface area (Å²) in [5.74, 6) is -1.12. The summed E-state index contributed by atoms with van der Waals surface area (Å²) in [5, 5.41) is 11.8. The summed E-state index contributed by atoms with van der Waals surface area (Å²) in [6.45, 7) is 4.12. The Bertz CT molecular complexity index is 468. The average Bonchev–Trinajstić information content (AvgIpc) is 2.35. The first-order valence-corrected chi connectivity index (χ1v) is 6.32. The summed E-state index contributed by atoms with van der Waals surface area (Å²) in [4.78, 5) is 23.1. The molecule has 0 saturated carbocycles. The minimum absolute atomic E-state index is 0.123. The minimum Gasteiger partial charge on any atom is -0.478 e. The quantitative estimate of drug-likeness (QED) is 0.732. The highest BCUT2D eigenvalue weighted by Crippen LogP contribution is 2.20. The SMILES string of the molecule is CCC(CN)CC(=O)Nc1cccc(C)c1C(=O)O. The maximum absolute atomic E-state index is 11.9. The molecule has 0 radical (unpaired) electrons. The molecule has 1 aromatic carbocycles. The van der Waals surface area contributed by atoms with Gasteiger partial charge in [0.15, 0.2) is 0 Å². The van der Waals surface area contributed by atoms with Crippen LogP contribution >= 0.6 is 0 Å². The molecular formula is C14H20N2O3. The van der Waals surface area contributed by atoms with Gasteiger partial charge in [-0.25, -0.2) is 4.79 Å². The number of benzene rings is 1. The van der Waals surface area contributed by atoms with Crippen molar-refractivity contribution in [3.63, 3.8) is 0 Å². The predicted molar refractivity (Wildman–Crippen MR) is 74.2 cm³/mol. The summed E-state index contributed by atoms with van der Waals surface area (Å²) in [7, 11) is 0. The van der Waals surface area contributed by atoms with Gasteiger partial charge in [0, 0.05) is 6.42 Å². The number of hydrogen-bond acceptors (Lipinski definition) is 3. The third-order valence-electron chi connectivity index (χ3n) is 3.15. The Hall–Kier alpha value is -1.88. The number of hydrogen-bond donors (Lipinski definition) is 3. The van der Waals surface area contributed by atoms with Crippen molar-refractivity contribution in [2.24, 2.45) is 11.7 Å². The lowest BCUT2D eigenvalue weighted by Crippen LogP contribution is -2.22. The second-order valence-corrected chi connectivity index (χ2v) is 4.56. The van der Waals surface area contributed by atoms with Gasteiger partial charge in [-0.1, -0.05) is 25.5 Å². The summed E-state index contributed by atoms with van der Waals surface area (Å²) in [5.41, 5.74) is 6.65. The number of nitrogens with one attached hydrogen (secondary N) is 1. The molecule has 1 rings (SSSR count). The third-order valence-corrected chi connectivity index (χ3v) is 3.15. The van der Waals surface area contributed by atoms with Crippen LogP contribution in [0.25, 0.3) is 0 Å². The third kappa shape index (κ3) is 4.06. The lowest BCUT2D eigenvalue weighted by atomic mass is 10.0. The van der Waals surface area contributed by atoms with E-state index in [9.17, 15) is 9.59 Å². The molecule has 0 fully saturated rings. The molecular weight excluding hydrogens is 244 g/mol. The van der Waals surface area contributed by atoms with E-state index in [-0.39, 0.29) is 17.4 Å². The summed E-state index contributed by atoms with van der Waals surface area (Å²) in [6.07, 6.45) is 1.13. The van der Waals surface area contributed by atoms with Gasteiger partial charge < -0.3 is 16.2 Å². The molecule has 0 aliphatic carbocycles. The van der Waals surface area contributed by atoms with Crippen LogP contribution < -0.4 is 11.1 Å². The fraction of sp³-hybridized carbons (Fsp3) is 0.429. The van der Waals surface area contributed by atoms with E-state index in [1.165, 1.54) is 0 Å². The van der Waals surface area contributed by atoms with E-state index in [4.69, 9.17) is 10.8 Å². The Labute approximate surface area is 112 Å². The highest BCUT2D eigenvalue weighted by atomic mass is 16.4. The highest BCUT2D eigenvalue weighted by molar-refractivity contribution is 6.01. The molecule has 0 bridgehead atoms. The molecule has 0 saturated heterocycles. The van der Waals surface area contributed by atoms with E-state index in [2.05, 4.69) is 5.32 Å². The topological polar surface area (TPSA) is 92.4 Å². The van der Waals surface area contributed by atoms with Crippen molar-refractivity contribution in [3.05, 3.63) is 29.3 Å². The number of aromatic carboxylic acids is 1. The molecule has 104 valence electrons. The van der Waals surface area contributed by atoms with Crippen molar-refractivity contribution in [2.45, 2.75) is 26.7 Å². The largest absolute Gasteiger partial charge is 0.478 e. The van der Waals surface area contributed by atoms with Crippen molar-refractivity contribution in [2.75, 3.05) is 11.9 Å². The van der Waals surface area contributed by atoms with E-state index < -0.39 is 5.97 Å². The van der Waals surface area contributed by atoms with Gasteiger partial charge in [-0.3, -0.25) is 4.79 Å². The molecule has 1 unspecified atom stereocenters. The van der Waals surface area contributed by atoms with Crippen molar-refractivity contribution in [3.8, 4) is 0 Å². The zero-order valence-electron chi connectivity index (χ0n) is 11.3. The van der Waals surface area contributed by atoms with Gasteiger partial charge in [-0.05, 0) is 31.0 Å². The van der Waals surface area contributed by atoms with Crippen molar-refractivity contribution >= 4 is 17.6 Å². The lowest BCUT2D eigenvalue weighted by molar-refractivity contribution is -0.117. The fourth-order valence-corrected chi connectivity index (χ4v) is 1.91. The standard InChI is InChI=1S/C14H20N2O3/c1-3-10(8-15)7-12(17)16-11-6-4-5-9(2)13(11)14(18)19/h4-6,10H,3,7-8,15H2,1-2H3,(H,16,17)(H,18,19). The first-order valence-electron chi connectivity index (χ1n) is 6.32. The van der Waals surface area contributed by atoms with E-state index in [1.54, 1.807) is 25.1 Å². The second kappa shape index (κ2) is 6.89. The number of aryl methyl sites for hydroxylation is 1. The molecule has 0 aliphatic rings. The molecule has 0 spiro atoms. The number of carbonyl (C=O) groups is 2. The Morgan fingerprint density at radius 2 is 2.11 bits per heavy atom. The van der Waals surface area contributed by atoms with Crippen LogP contribution in [-0.2, 0) is 4.79 Å². The first kappa shape index (κ1) is 15.2. The van der Waals surface area contributed by atoms with Gasteiger partial charge in [-0.15, -0.1) is 0 Å². The smallest absolute Gasteiger partial charge is 0.338 e. The number of rotatable bonds is 6. The molecule has 1 aromatic rings. The van der Waals surface area contributed by atoms with Crippen LogP contribution in [0.4, 0.5) is 5.69 Å². The zero-order valence-corrected chi connectivity index (χ0v) is 11.3. The van der Waals surface area contributed by atoms with E-state index in [0.717, 1.165) is 6.42 Å². The van der Waals surface area contributed by atoms with Crippen molar-refractivity contribution in [1.82, 2.24) is 0 Å². The van der Waals surface area contributed by atoms with Crippen LogP contribution in [0.3, 0.4) is 0 Å². The van der Waals surface area contributed by atoms with E-state index in [1.807, 2.05) is 6.92 Å². The normalized spacial score (nSPS) is 11.9. The van der Waals surface area contributed by atoms with Gasteiger partial charge in [0.25, 0.3) is 0 Å². The van der Waals surface area contributed by atoms with Crippen molar-refractivity contribution < 1.29 is 14.7 Å². The number of carboxylic acid groups (broad SMARTS) is 1. The fourth-order valence-electron chi connectivity index (χ4n) is 1.91. The molecule has 0 aromatic heterocycles. The van der Waals surface area contributed by atoms with Gasteiger partial charge in [0.1, 0.15) is 0 Å². The summed E-state index contributed by atoms with van der Waals surface area (Å²) < 4.78 is 0. The van der Waals surface area contributed by atoms with Crippen LogP contribution in [-0.4, -0.2) is 23.5 Å². The Kier molecular flexibility index (Phi) is 5.51. The predicted octanol–water partition coefficient (Wildman–Crippen LogP) is 2.01. The number of carbonyl (C=O) groups excluding carboxylic acids is 1. The molecule has 1 atom stereocenters. The number of nitrogens with two attached hydrogens (primary N) is 1. The highest BCUT2D eigenvalue weighted by Gasteiger charge is 2.16. The average molecular weight is 264 g/mol. The molecule has 5 heteroatoms. The van der Waals surface area contributed by atoms with E-state index >= 15 is 0 Å². The molecule has 5 nitrogen and oxygen atoms in total. The molecule has 0 heterocycles. The van der Waals surface area contributed by atoms with Crippen LogP contribution in [0.2, 0.25) is 0 Å². The van der Waals surface area contributed by atoms with Gasteiger partial charge >= 0.3 is 5.97 Å². The van der Waals surface area contributed by atoms with Crippen molar-refractivity contribution in [1.29, 1.82) is 0 Å². The second-order valence-electron chi connectivity index (χ2n) is 4.56. The summed E-state index contributed by atoms with van der Waals surface area (Å²) in [6, 6.07) is 5.02. The molecule has 4 N–H and O–H groups in total. The van der Waals surface area contributed by atoms with Gasteiger partial charge in [0.2, 0.25) is 5.91 Å². The van der Waals surface area contributed by atoms with Crippen LogP contribution in [0.1, 0.15) is 35.7 Å². The molecule has 0 aliphatic heterocycles. The number of carboxylic acids is 1. The lowest BCUT2D eigenvalue weighted by Gasteiger charge is -2.14. The maximum atomic E-state index is 11.9. The Morgan fingerprint density at radius 3 is 2.63 bits per heavy atom. The first-order chi connectivity index (χ1) is 8.99. The minimum atomic E-state index is -1.04. The Balaban J connectivity index is 2.85. The van der Waals surface area contributed by atoms with Crippen LogP contribution in [0, 0.1) is 12.8 Å². The molecule has 19 heavy (non-hydrogen) atoms.